The van der Waals surface area contributed by atoms with Crippen molar-refractivity contribution in [3.05, 3.63) is 64.7 Å². The molecule has 4 rings (SSSR count). The molecule has 0 spiro atoms. The zero-order valence-corrected chi connectivity index (χ0v) is 20.2. The van der Waals surface area contributed by atoms with Gasteiger partial charge >= 0.3 is 0 Å². The molecule has 0 saturated carbocycles. The van der Waals surface area contributed by atoms with Crippen LogP contribution in [0.5, 0.6) is 0 Å². The van der Waals surface area contributed by atoms with Crippen molar-refractivity contribution < 1.29 is 13.2 Å². The third-order valence-electron chi connectivity index (χ3n) is 4.96. The van der Waals surface area contributed by atoms with Crippen molar-refractivity contribution in [1.82, 2.24) is 14.5 Å². The SMILES string of the molecule is O=C(CNc1nnc(SCc2ccc(Cl)cc2)s1)c1ccc(S(=O)(=O)N2CCCC2)cc1. The third-order valence-corrected chi connectivity index (χ3v) is 9.21. The number of hydrogen-bond donors (Lipinski definition) is 1. The Morgan fingerprint density at radius 1 is 1.06 bits per heavy atom. The Bertz CT molecular complexity index is 1180. The van der Waals surface area contributed by atoms with Crippen molar-refractivity contribution in [3.63, 3.8) is 0 Å². The first-order valence-corrected chi connectivity index (χ1v) is 13.6. The normalized spacial score (nSPS) is 14.5. The number of hydrogen-bond acceptors (Lipinski definition) is 8. The lowest BCUT2D eigenvalue weighted by Crippen LogP contribution is -2.27. The van der Waals surface area contributed by atoms with Gasteiger partial charge in [-0.25, -0.2) is 8.42 Å². The van der Waals surface area contributed by atoms with Gasteiger partial charge in [-0.2, -0.15) is 4.31 Å². The van der Waals surface area contributed by atoms with Crippen LogP contribution < -0.4 is 5.32 Å². The van der Waals surface area contributed by atoms with Crippen LogP contribution in [0, 0.1) is 0 Å². The highest BCUT2D eigenvalue weighted by Gasteiger charge is 2.27. The van der Waals surface area contributed by atoms with Crippen molar-refractivity contribution in [3.8, 4) is 0 Å². The molecule has 11 heteroatoms. The Morgan fingerprint density at radius 3 is 2.44 bits per heavy atom. The van der Waals surface area contributed by atoms with Gasteiger partial charge in [-0.05, 0) is 54.8 Å². The molecule has 32 heavy (non-hydrogen) atoms. The predicted molar refractivity (Wildman–Crippen MR) is 128 cm³/mol. The van der Waals surface area contributed by atoms with Gasteiger partial charge in [0, 0.05) is 29.4 Å². The second-order valence-electron chi connectivity index (χ2n) is 7.20. The molecule has 1 aromatic heterocycles. The van der Waals surface area contributed by atoms with Crippen LogP contribution in [0.15, 0.2) is 57.8 Å². The Labute approximate surface area is 200 Å². The molecule has 1 fully saturated rings. The zero-order chi connectivity index (χ0) is 22.6. The van der Waals surface area contributed by atoms with Gasteiger partial charge < -0.3 is 5.32 Å². The highest BCUT2D eigenvalue weighted by Crippen LogP contribution is 2.28. The molecule has 3 aromatic rings. The molecule has 0 bridgehead atoms. The van der Waals surface area contributed by atoms with Crippen LogP contribution in [0.3, 0.4) is 0 Å². The van der Waals surface area contributed by atoms with E-state index in [0.29, 0.717) is 28.8 Å². The molecule has 1 saturated heterocycles. The molecular formula is C21H21ClN4O3S3. The number of sulfonamides is 1. The number of aromatic nitrogens is 2. The number of halogens is 1. The molecular weight excluding hydrogens is 488 g/mol. The summed E-state index contributed by atoms with van der Waals surface area (Å²) >= 11 is 8.84. The minimum absolute atomic E-state index is 0.0503. The number of nitrogens with zero attached hydrogens (tertiary/aromatic N) is 3. The van der Waals surface area contributed by atoms with Crippen molar-refractivity contribution in [2.75, 3.05) is 25.0 Å². The zero-order valence-electron chi connectivity index (χ0n) is 17.0. The molecule has 1 aliphatic heterocycles. The van der Waals surface area contributed by atoms with Crippen molar-refractivity contribution in [1.29, 1.82) is 0 Å². The second-order valence-corrected chi connectivity index (χ2v) is 11.8. The van der Waals surface area contributed by atoms with Gasteiger partial charge in [0.25, 0.3) is 0 Å². The van der Waals surface area contributed by atoms with Crippen LogP contribution in [0.1, 0.15) is 28.8 Å². The van der Waals surface area contributed by atoms with Crippen LogP contribution in [0.2, 0.25) is 5.02 Å². The highest BCUT2D eigenvalue weighted by atomic mass is 35.5. The van der Waals surface area contributed by atoms with Crippen molar-refractivity contribution in [2.24, 2.45) is 0 Å². The monoisotopic (exact) mass is 508 g/mol. The van der Waals surface area contributed by atoms with Gasteiger partial charge in [-0.1, -0.05) is 46.8 Å². The molecule has 2 aromatic carbocycles. The highest BCUT2D eigenvalue weighted by molar-refractivity contribution is 8.00. The number of carbonyl (C=O) groups is 1. The van der Waals surface area contributed by atoms with Crippen LogP contribution in [0.4, 0.5) is 5.13 Å². The Balaban J connectivity index is 1.29. The van der Waals surface area contributed by atoms with E-state index in [-0.39, 0.29) is 17.2 Å². The maximum atomic E-state index is 12.6. The van der Waals surface area contributed by atoms with E-state index < -0.39 is 10.0 Å². The van der Waals surface area contributed by atoms with E-state index in [1.54, 1.807) is 23.9 Å². The van der Waals surface area contributed by atoms with Gasteiger partial charge in [-0.15, -0.1) is 10.2 Å². The summed E-state index contributed by atoms with van der Waals surface area (Å²) in [6.07, 6.45) is 1.77. The number of Topliss-reactive ketones (excluding diaryl/α,β-unsaturated/α-hetero) is 1. The van der Waals surface area contributed by atoms with Crippen molar-refractivity contribution in [2.45, 2.75) is 27.8 Å². The molecule has 0 radical (unpaired) electrons. The summed E-state index contributed by atoms with van der Waals surface area (Å²) in [4.78, 5) is 12.7. The van der Waals surface area contributed by atoms with E-state index >= 15 is 0 Å². The summed E-state index contributed by atoms with van der Waals surface area (Å²) in [6.45, 7) is 1.15. The van der Waals surface area contributed by atoms with E-state index in [1.165, 1.54) is 27.8 Å². The maximum Gasteiger partial charge on any atom is 0.243 e. The van der Waals surface area contributed by atoms with Gasteiger partial charge in [-0.3, -0.25) is 4.79 Å². The molecule has 0 aliphatic carbocycles. The van der Waals surface area contributed by atoms with Gasteiger partial charge in [0.1, 0.15) is 0 Å². The molecule has 168 valence electrons. The number of anilines is 1. The second kappa shape index (κ2) is 10.3. The molecule has 1 N–H and O–H groups in total. The summed E-state index contributed by atoms with van der Waals surface area (Å²) in [5, 5.41) is 12.5. The largest absolute Gasteiger partial charge is 0.353 e. The molecule has 0 amide bonds. The molecule has 2 heterocycles. The molecule has 0 unspecified atom stereocenters. The van der Waals surface area contributed by atoms with E-state index in [2.05, 4.69) is 15.5 Å². The first-order chi connectivity index (χ1) is 15.4. The average Bonchev–Trinajstić information content (AvgIpc) is 3.50. The van der Waals surface area contributed by atoms with Crippen LogP contribution in [0.25, 0.3) is 0 Å². The lowest BCUT2D eigenvalue weighted by atomic mass is 10.1. The summed E-state index contributed by atoms with van der Waals surface area (Å²) < 4.78 is 27.5. The quantitative estimate of drug-likeness (QED) is 0.334. The lowest BCUT2D eigenvalue weighted by molar-refractivity contribution is 0.101. The smallest absolute Gasteiger partial charge is 0.243 e. The minimum atomic E-state index is -3.48. The van der Waals surface area contributed by atoms with Crippen LogP contribution in [-0.4, -0.2) is 48.3 Å². The predicted octanol–water partition coefficient (Wildman–Crippen LogP) is 4.56. The van der Waals surface area contributed by atoms with Gasteiger partial charge in [0.15, 0.2) is 10.1 Å². The number of ketones is 1. The average molecular weight is 509 g/mol. The Morgan fingerprint density at radius 2 is 1.75 bits per heavy atom. The number of rotatable bonds is 9. The molecule has 7 nitrogen and oxygen atoms in total. The van der Waals surface area contributed by atoms with Gasteiger partial charge in [0.05, 0.1) is 11.4 Å². The Kier molecular flexibility index (Phi) is 7.47. The summed E-state index contributed by atoms with van der Waals surface area (Å²) in [5.41, 5.74) is 1.58. The molecule has 1 aliphatic rings. The number of thioether (sulfide) groups is 1. The number of benzene rings is 2. The van der Waals surface area contributed by atoms with Gasteiger partial charge in [0.2, 0.25) is 15.2 Å². The fourth-order valence-electron chi connectivity index (χ4n) is 3.21. The van der Waals surface area contributed by atoms with E-state index in [4.69, 9.17) is 11.6 Å². The standard InChI is InChI=1S/C21H21ClN4O3S3/c22-17-7-3-15(4-8-17)14-30-21-25-24-20(31-21)23-13-19(27)16-5-9-18(10-6-16)32(28,29)26-11-1-2-12-26/h3-10H,1-2,11-14H2,(H,23,24). The first kappa shape index (κ1) is 23.2. The number of carbonyl (C=O) groups excluding carboxylic acids is 1. The van der Waals surface area contributed by atoms with Crippen LogP contribution >= 0.6 is 34.7 Å². The van der Waals surface area contributed by atoms with E-state index in [0.717, 1.165) is 28.5 Å². The lowest BCUT2D eigenvalue weighted by Gasteiger charge is -2.15. The number of nitrogens with one attached hydrogen (secondary N) is 1. The first-order valence-electron chi connectivity index (χ1n) is 10.00. The third kappa shape index (κ3) is 5.68. The van der Waals surface area contributed by atoms with E-state index in [9.17, 15) is 13.2 Å². The van der Waals surface area contributed by atoms with Crippen molar-refractivity contribution >= 4 is 55.6 Å². The minimum Gasteiger partial charge on any atom is -0.353 e. The topological polar surface area (TPSA) is 92.3 Å². The fraction of sp³-hybridized carbons (Fsp3) is 0.286. The Hall–Kier alpha value is -1.98. The maximum absolute atomic E-state index is 12.6. The van der Waals surface area contributed by atoms with E-state index in [1.807, 2.05) is 24.3 Å². The summed E-state index contributed by atoms with van der Waals surface area (Å²) in [6, 6.07) is 13.7. The molecule has 0 atom stereocenters. The summed E-state index contributed by atoms with van der Waals surface area (Å²) in [5.74, 6) is 0.595. The summed E-state index contributed by atoms with van der Waals surface area (Å²) in [7, 11) is -3.48. The van der Waals surface area contributed by atoms with Crippen LogP contribution in [-0.2, 0) is 15.8 Å². The fourth-order valence-corrected chi connectivity index (χ4v) is 6.56.